The number of carbonyl (C=O) groups is 1. The third-order valence-corrected chi connectivity index (χ3v) is 2.44. The number of carboxylic acids is 1. The summed E-state index contributed by atoms with van der Waals surface area (Å²) in [6.07, 6.45) is 1.54. The van der Waals surface area contributed by atoms with Crippen molar-refractivity contribution in [1.29, 1.82) is 0 Å². The zero-order chi connectivity index (χ0) is 12.0. The van der Waals surface area contributed by atoms with Gasteiger partial charge in [0.15, 0.2) is 0 Å². The number of carboxylic acid groups (broad SMARTS) is 1. The zero-order valence-corrected chi connectivity index (χ0v) is 9.10. The van der Waals surface area contributed by atoms with E-state index < -0.39 is 5.97 Å². The van der Waals surface area contributed by atoms with Gasteiger partial charge in [-0.15, -0.1) is 0 Å². The fraction of sp³-hybridized carbons (Fsp3) is 0.455. The van der Waals surface area contributed by atoms with Crippen molar-refractivity contribution < 1.29 is 9.90 Å². The van der Waals surface area contributed by atoms with Crippen molar-refractivity contribution in [3.8, 4) is 0 Å². The average molecular weight is 223 g/mol. The first-order chi connectivity index (χ1) is 7.69. The molecule has 16 heavy (non-hydrogen) atoms. The molecule has 0 spiro atoms. The lowest BCUT2D eigenvalue weighted by Gasteiger charge is -2.14. The van der Waals surface area contributed by atoms with E-state index in [1.165, 1.54) is 6.07 Å². The summed E-state index contributed by atoms with van der Waals surface area (Å²) in [6, 6.07) is 5.00. The van der Waals surface area contributed by atoms with Crippen molar-refractivity contribution >= 4 is 5.97 Å². The lowest BCUT2D eigenvalue weighted by molar-refractivity contribution is 0.0690. The quantitative estimate of drug-likeness (QED) is 0.654. The fourth-order valence-electron chi connectivity index (χ4n) is 1.64. The Morgan fingerprint density at radius 3 is 2.44 bits per heavy atom. The third kappa shape index (κ3) is 3.29. The second-order valence-electron chi connectivity index (χ2n) is 3.60. The number of pyridine rings is 1. The number of hydrogen-bond donors (Lipinski definition) is 3. The highest BCUT2D eigenvalue weighted by molar-refractivity contribution is 5.85. The molecule has 0 amide bonds. The van der Waals surface area contributed by atoms with E-state index in [2.05, 4.69) is 4.98 Å². The molecule has 0 aromatic carbocycles. The van der Waals surface area contributed by atoms with Gasteiger partial charge < -0.3 is 16.6 Å². The molecule has 1 aromatic rings. The summed E-state index contributed by atoms with van der Waals surface area (Å²) in [5.74, 6) is -0.865. The predicted octanol–water partition coefficient (Wildman–Crippen LogP) is 0.561. The van der Waals surface area contributed by atoms with Crippen molar-refractivity contribution in [2.75, 3.05) is 13.1 Å². The highest BCUT2D eigenvalue weighted by Gasteiger charge is 2.13. The molecule has 0 saturated carbocycles. The number of aromatic carboxylic acids is 1. The minimum atomic E-state index is -1.01. The molecule has 0 aliphatic rings. The monoisotopic (exact) mass is 223 g/mol. The van der Waals surface area contributed by atoms with Gasteiger partial charge >= 0.3 is 5.97 Å². The molecule has 0 aliphatic heterocycles. The van der Waals surface area contributed by atoms with Crippen LogP contribution in [0.3, 0.4) is 0 Å². The lowest BCUT2D eigenvalue weighted by atomic mass is 9.97. The highest BCUT2D eigenvalue weighted by atomic mass is 16.4. The molecular formula is C11H17N3O2. The predicted molar refractivity (Wildman–Crippen MR) is 61.3 cm³/mol. The summed E-state index contributed by atoms with van der Waals surface area (Å²) >= 11 is 0. The second-order valence-corrected chi connectivity index (χ2v) is 3.60. The van der Waals surface area contributed by atoms with Crippen LogP contribution in [-0.2, 0) is 0 Å². The van der Waals surface area contributed by atoms with Gasteiger partial charge in [0.1, 0.15) is 5.69 Å². The van der Waals surface area contributed by atoms with Gasteiger partial charge in [-0.25, -0.2) is 9.78 Å². The largest absolute Gasteiger partial charge is 0.477 e. The molecule has 88 valence electrons. The number of nitrogens with two attached hydrogens (primary N) is 2. The van der Waals surface area contributed by atoms with Crippen LogP contribution in [0.25, 0.3) is 0 Å². The van der Waals surface area contributed by atoms with E-state index >= 15 is 0 Å². The SMILES string of the molecule is NCCC(CCN)c1cccc(C(=O)O)n1. The summed E-state index contributed by atoms with van der Waals surface area (Å²) in [5, 5.41) is 8.84. The first kappa shape index (κ1) is 12.6. The molecule has 0 fully saturated rings. The Bertz CT molecular complexity index is 349. The first-order valence-electron chi connectivity index (χ1n) is 5.29. The van der Waals surface area contributed by atoms with Gasteiger partial charge in [-0.05, 0) is 38.1 Å². The maximum absolute atomic E-state index is 10.8. The third-order valence-electron chi connectivity index (χ3n) is 2.44. The Kier molecular flexibility index (Phi) is 4.88. The van der Waals surface area contributed by atoms with Crippen LogP contribution in [0.1, 0.15) is 34.9 Å². The van der Waals surface area contributed by atoms with E-state index in [0.717, 1.165) is 18.5 Å². The molecule has 1 aromatic heterocycles. The number of nitrogens with zero attached hydrogens (tertiary/aromatic N) is 1. The van der Waals surface area contributed by atoms with Crippen LogP contribution in [0.5, 0.6) is 0 Å². The molecule has 0 saturated heterocycles. The van der Waals surface area contributed by atoms with E-state index in [9.17, 15) is 4.79 Å². The summed E-state index contributed by atoms with van der Waals surface area (Å²) < 4.78 is 0. The van der Waals surface area contributed by atoms with Gasteiger partial charge in [-0.2, -0.15) is 0 Å². The van der Waals surface area contributed by atoms with E-state index in [-0.39, 0.29) is 11.6 Å². The maximum atomic E-state index is 10.8. The van der Waals surface area contributed by atoms with Crippen molar-refractivity contribution in [2.24, 2.45) is 11.5 Å². The molecule has 0 atom stereocenters. The van der Waals surface area contributed by atoms with Gasteiger partial charge in [-0.3, -0.25) is 0 Å². The van der Waals surface area contributed by atoms with Crippen LogP contribution in [0, 0.1) is 0 Å². The Hall–Kier alpha value is -1.46. The molecular weight excluding hydrogens is 206 g/mol. The Labute approximate surface area is 94.5 Å². The number of rotatable bonds is 6. The van der Waals surface area contributed by atoms with Crippen molar-refractivity contribution in [3.63, 3.8) is 0 Å². The molecule has 0 bridgehead atoms. The molecule has 5 heteroatoms. The minimum absolute atomic E-state index is 0.0662. The summed E-state index contributed by atoms with van der Waals surface area (Å²) in [6.45, 7) is 1.09. The Morgan fingerprint density at radius 2 is 1.94 bits per heavy atom. The highest BCUT2D eigenvalue weighted by Crippen LogP contribution is 2.20. The lowest BCUT2D eigenvalue weighted by Crippen LogP contribution is -2.14. The van der Waals surface area contributed by atoms with E-state index in [1.807, 2.05) is 6.07 Å². The maximum Gasteiger partial charge on any atom is 0.354 e. The number of aromatic nitrogens is 1. The van der Waals surface area contributed by atoms with Crippen LogP contribution in [-0.4, -0.2) is 29.1 Å². The molecule has 0 unspecified atom stereocenters. The van der Waals surface area contributed by atoms with Crippen molar-refractivity contribution in [1.82, 2.24) is 4.98 Å². The van der Waals surface area contributed by atoms with Crippen LogP contribution in [0.2, 0.25) is 0 Å². The summed E-state index contributed by atoms with van der Waals surface area (Å²) in [5.41, 5.74) is 11.8. The van der Waals surface area contributed by atoms with Gasteiger partial charge in [-0.1, -0.05) is 6.07 Å². The second kappa shape index (κ2) is 6.19. The van der Waals surface area contributed by atoms with Crippen molar-refractivity contribution in [3.05, 3.63) is 29.6 Å². The van der Waals surface area contributed by atoms with E-state index in [0.29, 0.717) is 13.1 Å². The fourth-order valence-corrected chi connectivity index (χ4v) is 1.64. The van der Waals surface area contributed by atoms with Crippen LogP contribution >= 0.6 is 0 Å². The average Bonchev–Trinajstić information content (AvgIpc) is 2.29. The topological polar surface area (TPSA) is 102 Å². The molecule has 5 N–H and O–H groups in total. The smallest absolute Gasteiger partial charge is 0.354 e. The van der Waals surface area contributed by atoms with Gasteiger partial charge in [0, 0.05) is 11.6 Å². The van der Waals surface area contributed by atoms with E-state index in [1.54, 1.807) is 6.07 Å². The molecule has 1 heterocycles. The van der Waals surface area contributed by atoms with E-state index in [4.69, 9.17) is 16.6 Å². The van der Waals surface area contributed by atoms with Crippen LogP contribution < -0.4 is 11.5 Å². The van der Waals surface area contributed by atoms with Crippen LogP contribution in [0.4, 0.5) is 0 Å². The van der Waals surface area contributed by atoms with Gasteiger partial charge in [0.05, 0.1) is 0 Å². The molecule has 5 nitrogen and oxygen atoms in total. The molecule has 0 radical (unpaired) electrons. The van der Waals surface area contributed by atoms with Crippen molar-refractivity contribution in [2.45, 2.75) is 18.8 Å². The normalized spacial score (nSPS) is 10.7. The summed E-state index contributed by atoms with van der Waals surface area (Å²) in [4.78, 5) is 14.9. The molecule has 0 aliphatic carbocycles. The molecule has 1 rings (SSSR count). The Morgan fingerprint density at radius 1 is 1.31 bits per heavy atom. The number of hydrogen-bond acceptors (Lipinski definition) is 4. The van der Waals surface area contributed by atoms with Gasteiger partial charge in [0.2, 0.25) is 0 Å². The summed E-state index contributed by atoms with van der Waals surface area (Å²) in [7, 11) is 0. The first-order valence-corrected chi connectivity index (χ1v) is 5.29. The van der Waals surface area contributed by atoms with Gasteiger partial charge in [0.25, 0.3) is 0 Å². The Balaban J connectivity index is 2.90. The minimum Gasteiger partial charge on any atom is -0.477 e. The standard InChI is InChI=1S/C11H17N3O2/c12-6-4-8(5-7-13)9-2-1-3-10(14-9)11(15)16/h1-3,8H,4-7,12-13H2,(H,15,16). The zero-order valence-electron chi connectivity index (χ0n) is 9.10. The van der Waals surface area contributed by atoms with Crippen LogP contribution in [0.15, 0.2) is 18.2 Å².